The molecule has 1 aromatic carbocycles. The van der Waals surface area contributed by atoms with E-state index in [-0.39, 0.29) is 17.3 Å². The van der Waals surface area contributed by atoms with Crippen LogP contribution in [0.15, 0.2) is 18.2 Å². The second-order valence-corrected chi connectivity index (χ2v) is 4.12. The van der Waals surface area contributed by atoms with Crippen molar-refractivity contribution >= 4 is 11.7 Å². The van der Waals surface area contributed by atoms with Crippen LogP contribution in [0.3, 0.4) is 0 Å². The molecule has 1 aliphatic heterocycles. The largest absolute Gasteiger partial charge is 0.493 e. The molecule has 1 aromatic rings. The molecule has 5 heteroatoms. The van der Waals surface area contributed by atoms with Crippen molar-refractivity contribution in [2.24, 2.45) is 0 Å². The van der Waals surface area contributed by atoms with Gasteiger partial charge in [0.1, 0.15) is 11.6 Å². The SMILES string of the molecule is CCC(=O)NC1CCOc2ccc(F)cc2C1=O. The van der Waals surface area contributed by atoms with Crippen LogP contribution >= 0.6 is 0 Å². The van der Waals surface area contributed by atoms with Crippen LogP contribution in [0, 0.1) is 5.82 Å². The van der Waals surface area contributed by atoms with Gasteiger partial charge in [-0.3, -0.25) is 9.59 Å². The molecule has 2 rings (SSSR count). The van der Waals surface area contributed by atoms with E-state index >= 15 is 0 Å². The zero-order valence-corrected chi connectivity index (χ0v) is 10.0. The number of carbonyl (C=O) groups excluding carboxylic acids is 2. The molecular weight excluding hydrogens is 237 g/mol. The van der Waals surface area contributed by atoms with Gasteiger partial charge in [-0.15, -0.1) is 0 Å². The molecule has 0 aromatic heterocycles. The molecule has 1 atom stereocenters. The number of Topliss-reactive ketones (excluding diaryl/α,β-unsaturated/α-hetero) is 1. The summed E-state index contributed by atoms with van der Waals surface area (Å²) >= 11 is 0. The van der Waals surface area contributed by atoms with E-state index in [0.29, 0.717) is 25.2 Å². The zero-order valence-electron chi connectivity index (χ0n) is 10.0. The molecule has 1 aliphatic rings. The number of rotatable bonds is 2. The molecule has 1 heterocycles. The molecule has 96 valence electrons. The highest BCUT2D eigenvalue weighted by molar-refractivity contribution is 6.04. The van der Waals surface area contributed by atoms with E-state index in [1.807, 2.05) is 0 Å². The third kappa shape index (κ3) is 2.50. The molecule has 0 aliphatic carbocycles. The van der Waals surface area contributed by atoms with Crippen LogP contribution in [-0.4, -0.2) is 24.3 Å². The van der Waals surface area contributed by atoms with Gasteiger partial charge in [0, 0.05) is 12.8 Å². The summed E-state index contributed by atoms with van der Waals surface area (Å²) in [5.74, 6) is -0.625. The Balaban J connectivity index is 2.28. The van der Waals surface area contributed by atoms with Gasteiger partial charge in [-0.25, -0.2) is 4.39 Å². The van der Waals surface area contributed by atoms with Crippen molar-refractivity contribution in [2.45, 2.75) is 25.8 Å². The molecule has 0 saturated carbocycles. The van der Waals surface area contributed by atoms with Gasteiger partial charge in [-0.2, -0.15) is 0 Å². The van der Waals surface area contributed by atoms with E-state index in [2.05, 4.69) is 5.32 Å². The minimum absolute atomic E-state index is 0.189. The Morgan fingerprint density at radius 3 is 3.06 bits per heavy atom. The van der Waals surface area contributed by atoms with Crippen LogP contribution in [0.4, 0.5) is 4.39 Å². The number of ketones is 1. The summed E-state index contributed by atoms with van der Waals surface area (Å²) in [7, 11) is 0. The summed E-state index contributed by atoms with van der Waals surface area (Å²) in [6, 6.07) is 3.19. The molecule has 0 spiro atoms. The standard InChI is InChI=1S/C13H14FNO3/c1-2-12(16)15-10-5-6-18-11-4-3-8(14)7-9(11)13(10)17/h3-4,7,10H,2,5-6H2,1H3,(H,15,16). The molecular formula is C13H14FNO3. The van der Waals surface area contributed by atoms with E-state index in [9.17, 15) is 14.0 Å². The van der Waals surface area contributed by atoms with Gasteiger partial charge < -0.3 is 10.1 Å². The number of carbonyl (C=O) groups is 2. The van der Waals surface area contributed by atoms with E-state index in [0.717, 1.165) is 6.07 Å². The third-order valence-electron chi connectivity index (χ3n) is 2.84. The van der Waals surface area contributed by atoms with E-state index in [4.69, 9.17) is 4.74 Å². The second kappa shape index (κ2) is 5.16. The van der Waals surface area contributed by atoms with Crippen LogP contribution in [0.5, 0.6) is 5.75 Å². The Bertz CT molecular complexity index is 487. The summed E-state index contributed by atoms with van der Waals surface area (Å²) in [6.07, 6.45) is 0.696. The molecule has 1 amide bonds. The molecule has 1 N–H and O–H groups in total. The van der Waals surface area contributed by atoms with E-state index < -0.39 is 11.9 Å². The van der Waals surface area contributed by atoms with Gasteiger partial charge in [-0.1, -0.05) is 6.92 Å². The Morgan fingerprint density at radius 1 is 1.56 bits per heavy atom. The Kier molecular flexibility index (Phi) is 3.60. The average Bonchev–Trinajstić information content (AvgIpc) is 2.51. The van der Waals surface area contributed by atoms with Crippen molar-refractivity contribution in [3.8, 4) is 5.75 Å². The van der Waals surface area contributed by atoms with Gasteiger partial charge in [0.2, 0.25) is 5.91 Å². The van der Waals surface area contributed by atoms with Crippen LogP contribution in [0.1, 0.15) is 30.1 Å². The van der Waals surface area contributed by atoms with Crippen LogP contribution in [0.2, 0.25) is 0 Å². The highest BCUT2D eigenvalue weighted by Crippen LogP contribution is 2.25. The number of benzene rings is 1. The predicted octanol–water partition coefficient (Wildman–Crippen LogP) is 1.69. The zero-order chi connectivity index (χ0) is 13.1. The Hall–Kier alpha value is -1.91. The van der Waals surface area contributed by atoms with Crippen molar-refractivity contribution in [3.05, 3.63) is 29.6 Å². The molecule has 18 heavy (non-hydrogen) atoms. The van der Waals surface area contributed by atoms with Crippen LogP contribution < -0.4 is 10.1 Å². The lowest BCUT2D eigenvalue weighted by Gasteiger charge is -2.13. The molecule has 1 unspecified atom stereocenters. The van der Waals surface area contributed by atoms with Crippen molar-refractivity contribution < 1.29 is 18.7 Å². The minimum Gasteiger partial charge on any atom is -0.493 e. The maximum atomic E-state index is 13.2. The predicted molar refractivity (Wildman–Crippen MR) is 63.1 cm³/mol. The first-order valence-electron chi connectivity index (χ1n) is 5.87. The summed E-state index contributed by atoms with van der Waals surface area (Å²) in [4.78, 5) is 23.5. The first kappa shape index (κ1) is 12.5. The fraction of sp³-hybridized carbons (Fsp3) is 0.385. The Labute approximate surface area is 104 Å². The summed E-state index contributed by atoms with van der Waals surface area (Å²) in [6.45, 7) is 2.03. The fourth-order valence-electron chi connectivity index (χ4n) is 1.86. The van der Waals surface area contributed by atoms with Crippen molar-refractivity contribution in [2.75, 3.05) is 6.61 Å². The second-order valence-electron chi connectivity index (χ2n) is 4.12. The quantitative estimate of drug-likeness (QED) is 0.870. The van der Waals surface area contributed by atoms with Gasteiger partial charge >= 0.3 is 0 Å². The van der Waals surface area contributed by atoms with Crippen molar-refractivity contribution in [3.63, 3.8) is 0 Å². The van der Waals surface area contributed by atoms with E-state index in [1.54, 1.807) is 6.92 Å². The number of amides is 1. The van der Waals surface area contributed by atoms with Crippen molar-refractivity contribution in [1.82, 2.24) is 5.32 Å². The lowest BCUT2D eigenvalue weighted by atomic mass is 10.0. The molecule has 4 nitrogen and oxygen atoms in total. The fourth-order valence-corrected chi connectivity index (χ4v) is 1.86. The first-order valence-corrected chi connectivity index (χ1v) is 5.87. The lowest BCUT2D eigenvalue weighted by molar-refractivity contribution is -0.121. The smallest absolute Gasteiger partial charge is 0.220 e. The van der Waals surface area contributed by atoms with Crippen LogP contribution in [-0.2, 0) is 4.79 Å². The highest BCUT2D eigenvalue weighted by Gasteiger charge is 2.27. The number of hydrogen-bond acceptors (Lipinski definition) is 3. The maximum absolute atomic E-state index is 13.2. The summed E-state index contributed by atoms with van der Waals surface area (Å²) in [5.41, 5.74) is 0.189. The van der Waals surface area contributed by atoms with Gasteiger partial charge in [0.25, 0.3) is 0 Å². The number of nitrogens with one attached hydrogen (secondary N) is 1. The summed E-state index contributed by atoms with van der Waals surface area (Å²) in [5, 5.41) is 2.63. The van der Waals surface area contributed by atoms with Gasteiger partial charge in [-0.05, 0) is 18.2 Å². The first-order chi connectivity index (χ1) is 8.61. The average molecular weight is 251 g/mol. The van der Waals surface area contributed by atoms with Crippen LogP contribution in [0.25, 0.3) is 0 Å². The van der Waals surface area contributed by atoms with Gasteiger partial charge in [0.05, 0.1) is 18.2 Å². The number of ether oxygens (including phenoxy) is 1. The normalized spacial score (nSPS) is 18.6. The molecule has 0 saturated heterocycles. The van der Waals surface area contributed by atoms with E-state index in [1.165, 1.54) is 12.1 Å². The topological polar surface area (TPSA) is 55.4 Å². The minimum atomic E-state index is -0.638. The number of fused-ring (bicyclic) bond motifs is 1. The number of halogens is 1. The van der Waals surface area contributed by atoms with Crippen molar-refractivity contribution in [1.29, 1.82) is 0 Å². The monoisotopic (exact) mass is 251 g/mol. The molecule has 0 fully saturated rings. The lowest BCUT2D eigenvalue weighted by Crippen LogP contribution is -2.40. The molecule has 0 radical (unpaired) electrons. The third-order valence-corrected chi connectivity index (χ3v) is 2.84. The highest BCUT2D eigenvalue weighted by atomic mass is 19.1. The Morgan fingerprint density at radius 2 is 2.33 bits per heavy atom. The summed E-state index contributed by atoms with van der Waals surface area (Å²) < 4.78 is 18.5. The maximum Gasteiger partial charge on any atom is 0.220 e. The molecule has 0 bridgehead atoms. The van der Waals surface area contributed by atoms with Gasteiger partial charge in [0.15, 0.2) is 5.78 Å². The number of hydrogen-bond donors (Lipinski definition) is 1.